The third kappa shape index (κ3) is 6.58. The van der Waals surface area contributed by atoms with E-state index in [-0.39, 0.29) is 48.8 Å². The van der Waals surface area contributed by atoms with Gasteiger partial charge in [0, 0.05) is 39.3 Å². The molecule has 0 aromatic carbocycles. The summed E-state index contributed by atoms with van der Waals surface area (Å²) in [6.45, 7) is 6.40. The number of furan rings is 1. The highest BCUT2D eigenvalue weighted by atomic mass is 35.5. The van der Waals surface area contributed by atoms with Gasteiger partial charge >= 0.3 is 5.97 Å². The fourth-order valence-electron chi connectivity index (χ4n) is 2.12. The summed E-state index contributed by atoms with van der Waals surface area (Å²) in [6, 6.07) is 2.54. The van der Waals surface area contributed by atoms with E-state index in [1.165, 1.54) is 12.1 Å². The van der Waals surface area contributed by atoms with E-state index >= 15 is 0 Å². The van der Waals surface area contributed by atoms with Crippen LogP contribution in [-0.4, -0.2) is 65.2 Å². The van der Waals surface area contributed by atoms with Crippen LogP contribution in [0.1, 0.15) is 17.5 Å². The Bertz CT molecular complexity index is 603. The molecule has 1 aliphatic rings. The number of ether oxygens (including phenoxy) is 1. The molecule has 11 heteroatoms. The Hall–Kier alpha value is -0.840. The molecule has 0 saturated carbocycles. The van der Waals surface area contributed by atoms with Crippen LogP contribution < -0.4 is 10.0 Å². The quantitative estimate of drug-likeness (QED) is 0.638. The Morgan fingerprint density at radius 2 is 2.00 bits per heavy atom. The number of carbonyl (C=O) groups excluding carboxylic acids is 1. The lowest BCUT2D eigenvalue weighted by Gasteiger charge is -2.26. The second-order valence-electron chi connectivity index (χ2n) is 4.83. The van der Waals surface area contributed by atoms with Crippen molar-refractivity contribution in [3.05, 3.63) is 17.9 Å². The van der Waals surface area contributed by atoms with Crippen LogP contribution in [0.15, 0.2) is 21.6 Å². The predicted octanol–water partition coefficient (Wildman–Crippen LogP) is 0.483. The van der Waals surface area contributed by atoms with Gasteiger partial charge in [0.15, 0.2) is 0 Å². The van der Waals surface area contributed by atoms with E-state index in [0.717, 1.165) is 26.2 Å². The lowest BCUT2D eigenvalue weighted by atomic mass is 10.3. The molecule has 1 fully saturated rings. The van der Waals surface area contributed by atoms with Crippen molar-refractivity contribution >= 4 is 40.8 Å². The Morgan fingerprint density at radius 3 is 2.62 bits per heavy atom. The second-order valence-corrected chi connectivity index (χ2v) is 6.53. The van der Waals surface area contributed by atoms with Gasteiger partial charge in [-0.25, -0.2) is 17.9 Å². The smallest absolute Gasteiger partial charge is 0.374 e. The first-order valence-corrected chi connectivity index (χ1v) is 8.71. The maximum absolute atomic E-state index is 12.1. The number of halogens is 2. The van der Waals surface area contributed by atoms with Crippen LogP contribution in [0.4, 0.5) is 0 Å². The van der Waals surface area contributed by atoms with Gasteiger partial charge in [0.1, 0.15) is 0 Å². The molecule has 2 heterocycles. The molecule has 0 unspecified atom stereocenters. The topological polar surface area (TPSA) is 101 Å². The SMILES string of the molecule is CCOC(=O)c1ccc(S(=O)(=O)NCCN2CCNCC2)o1.Cl.Cl. The van der Waals surface area contributed by atoms with Crippen molar-refractivity contribution in [1.29, 1.82) is 0 Å². The first-order chi connectivity index (χ1) is 10.5. The normalized spacial score (nSPS) is 15.2. The molecule has 0 aliphatic carbocycles. The van der Waals surface area contributed by atoms with E-state index < -0.39 is 16.0 Å². The van der Waals surface area contributed by atoms with Crippen LogP contribution in [-0.2, 0) is 14.8 Å². The molecular formula is C13H23Cl2N3O5S. The second kappa shape index (κ2) is 10.9. The van der Waals surface area contributed by atoms with Gasteiger partial charge in [-0.2, -0.15) is 0 Å². The van der Waals surface area contributed by atoms with E-state index in [1.807, 2.05) is 0 Å². The number of nitrogens with one attached hydrogen (secondary N) is 2. The average Bonchev–Trinajstić information content (AvgIpc) is 2.99. The van der Waals surface area contributed by atoms with Crippen molar-refractivity contribution in [3.8, 4) is 0 Å². The fraction of sp³-hybridized carbons (Fsp3) is 0.615. The largest absolute Gasteiger partial charge is 0.460 e. The van der Waals surface area contributed by atoms with Crippen LogP contribution in [0.3, 0.4) is 0 Å². The number of nitrogens with zero attached hydrogens (tertiary/aromatic N) is 1. The third-order valence-corrected chi connectivity index (χ3v) is 4.59. The Morgan fingerprint density at radius 1 is 1.33 bits per heavy atom. The molecule has 0 bridgehead atoms. The highest BCUT2D eigenvalue weighted by Gasteiger charge is 2.21. The monoisotopic (exact) mass is 403 g/mol. The number of sulfonamides is 1. The Labute approximate surface area is 154 Å². The summed E-state index contributed by atoms with van der Waals surface area (Å²) >= 11 is 0. The number of hydrogen-bond donors (Lipinski definition) is 2. The number of hydrogen-bond acceptors (Lipinski definition) is 7. The van der Waals surface area contributed by atoms with Crippen LogP contribution in [0.25, 0.3) is 0 Å². The van der Waals surface area contributed by atoms with Crippen molar-refractivity contribution in [2.45, 2.75) is 12.0 Å². The lowest BCUT2D eigenvalue weighted by Crippen LogP contribution is -2.46. The maximum atomic E-state index is 12.1. The molecule has 1 aromatic heterocycles. The molecule has 8 nitrogen and oxygen atoms in total. The van der Waals surface area contributed by atoms with Gasteiger partial charge in [-0.05, 0) is 19.1 Å². The number of rotatable bonds is 7. The molecule has 0 atom stereocenters. The van der Waals surface area contributed by atoms with Crippen molar-refractivity contribution in [2.75, 3.05) is 45.9 Å². The van der Waals surface area contributed by atoms with Gasteiger partial charge in [-0.15, -0.1) is 24.8 Å². The molecule has 0 amide bonds. The molecule has 1 aliphatic heterocycles. The highest BCUT2D eigenvalue weighted by molar-refractivity contribution is 7.89. The minimum Gasteiger partial charge on any atom is -0.460 e. The van der Waals surface area contributed by atoms with Gasteiger partial charge < -0.3 is 14.5 Å². The van der Waals surface area contributed by atoms with E-state index in [0.29, 0.717) is 6.54 Å². The summed E-state index contributed by atoms with van der Waals surface area (Å²) < 4.78 is 36.4. The standard InChI is InChI=1S/C13H21N3O5S.2ClH/c1-2-20-13(17)11-3-4-12(21-11)22(18,19)15-7-10-16-8-5-14-6-9-16;;/h3-4,14-15H,2,5-10H2,1H3;2*1H. The number of piperazine rings is 1. The van der Waals surface area contributed by atoms with Crippen LogP contribution in [0.5, 0.6) is 0 Å². The van der Waals surface area contributed by atoms with Crippen molar-refractivity contribution in [3.63, 3.8) is 0 Å². The van der Waals surface area contributed by atoms with Crippen LogP contribution in [0.2, 0.25) is 0 Å². The van der Waals surface area contributed by atoms with Crippen molar-refractivity contribution in [2.24, 2.45) is 0 Å². The summed E-state index contributed by atoms with van der Waals surface area (Å²) in [5.41, 5.74) is 0. The maximum Gasteiger partial charge on any atom is 0.374 e. The van der Waals surface area contributed by atoms with E-state index in [4.69, 9.17) is 9.15 Å². The summed E-state index contributed by atoms with van der Waals surface area (Å²) in [6.07, 6.45) is 0. The first kappa shape index (κ1) is 23.2. The van der Waals surface area contributed by atoms with Gasteiger partial charge in [-0.3, -0.25) is 4.90 Å². The van der Waals surface area contributed by atoms with Gasteiger partial charge in [0.05, 0.1) is 6.61 Å². The molecule has 0 radical (unpaired) electrons. The summed E-state index contributed by atoms with van der Waals surface area (Å²) in [5, 5.41) is 2.95. The van der Waals surface area contributed by atoms with Gasteiger partial charge in [-0.1, -0.05) is 0 Å². The zero-order chi connectivity index (χ0) is 16.0. The third-order valence-electron chi connectivity index (χ3n) is 3.25. The van der Waals surface area contributed by atoms with Gasteiger partial charge in [0.25, 0.3) is 10.0 Å². The van der Waals surface area contributed by atoms with Crippen molar-refractivity contribution < 1.29 is 22.4 Å². The van der Waals surface area contributed by atoms with Crippen LogP contribution in [0, 0.1) is 0 Å². The number of esters is 1. The minimum absolute atomic E-state index is 0. The van der Waals surface area contributed by atoms with Gasteiger partial charge in [0.2, 0.25) is 10.9 Å². The van der Waals surface area contributed by atoms with Crippen molar-refractivity contribution in [1.82, 2.24) is 14.9 Å². The Balaban J connectivity index is 0.00000264. The Kier molecular flexibility index (Phi) is 10.5. The summed E-state index contributed by atoms with van der Waals surface area (Å²) in [5.74, 6) is -0.797. The van der Waals surface area contributed by atoms with E-state index in [1.54, 1.807) is 6.92 Å². The molecule has 1 aromatic rings. The zero-order valence-electron chi connectivity index (χ0n) is 13.3. The lowest BCUT2D eigenvalue weighted by molar-refractivity contribution is 0.0484. The van der Waals surface area contributed by atoms with Crippen LogP contribution >= 0.6 is 24.8 Å². The molecule has 140 valence electrons. The highest BCUT2D eigenvalue weighted by Crippen LogP contribution is 2.14. The van der Waals surface area contributed by atoms with E-state index in [9.17, 15) is 13.2 Å². The average molecular weight is 404 g/mol. The first-order valence-electron chi connectivity index (χ1n) is 7.22. The summed E-state index contributed by atoms with van der Waals surface area (Å²) in [7, 11) is -3.76. The summed E-state index contributed by atoms with van der Waals surface area (Å²) in [4.78, 5) is 13.6. The molecule has 2 N–H and O–H groups in total. The van der Waals surface area contributed by atoms with E-state index in [2.05, 4.69) is 14.9 Å². The number of carbonyl (C=O) groups is 1. The predicted molar refractivity (Wildman–Crippen MR) is 93.7 cm³/mol. The molecule has 24 heavy (non-hydrogen) atoms. The molecule has 0 spiro atoms. The minimum atomic E-state index is -3.76. The zero-order valence-corrected chi connectivity index (χ0v) is 15.8. The molecule has 1 saturated heterocycles. The molecular weight excluding hydrogens is 381 g/mol. The fourth-order valence-corrected chi connectivity index (χ4v) is 3.07. The molecule has 2 rings (SSSR count).